The molecule has 1 amide bonds. The first-order valence-electron chi connectivity index (χ1n) is 10.5. The Labute approximate surface area is 174 Å². The summed E-state index contributed by atoms with van der Waals surface area (Å²) in [6.45, 7) is 2.90. The van der Waals surface area contributed by atoms with Gasteiger partial charge < -0.3 is 20.1 Å². The monoisotopic (exact) mass is 439 g/mol. The Morgan fingerprint density at radius 3 is 2.21 bits per heavy atom. The third-order valence-corrected chi connectivity index (χ3v) is 5.09. The number of rotatable bonds is 19. The number of carbonyl (C=O) groups excluding carboxylic acids is 2. The molecule has 10 heteroatoms. The first kappa shape index (κ1) is 28.0. The van der Waals surface area contributed by atoms with Gasteiger partial charge in [0.25, 0.3) is 0 Å². The van der Waals surface area contributed by atoms with E-state index in [2.05, 4.69) is 21.3 Å². The molecule has 0 aliphatic carbocycles. The zero-order chi connectivity index (χ0) is 22.0. The fourth-order valence-electron chi connectivity index (χ4n) is 2.41. The van der Waals surface area contributed by atoms with E-state index in [9.17, 15) is 24.2 Å². The summed E-state index contributed by atoms with van der Waals surface area (Å²) < 4.78 is 25.9. The van der Waals surface area contributed by atoms with Gasteiger partial charge in [0, 0.05) is 19.4 Å². The molecule has 0 aromatic carbocycles. The third-order valence-electron chi connectivity index (χ3n) is 4.10. The van der Waals surface area contributed by atoms with Crippen molar-refractivity contribution in [2.75, 3.05) is 26.4 Å². The Morgan fingerprint density at radius 2 is 1.59 bits per heavy atom. The van der Waals surface area contributed by atoms with Gasteiger partial charge in [-0.1, -0.05) is 58.8 Å². The first-order valence-corrected chi connectivity index (χ1v) is 12.0. The maximum Gasteiger partial charge on any atom is 0.472 e. The largest absolute Gasteiger partial charge is 0.472 e. The van der Waals surface area contributed by atoms with E-state index in [1.807, 2.05) is 0 Å². The number of phosphoric ester groups is 1. The summed E-state index contributed by atoms with van der Waals surface area (Å²) in [5, 5.41) is 12.2. The van der Waals surface area contributed by atoms with E-state index in [4.69, 9.17) is 4.74 Å². The smallest absolute Gasteiger partial charge is 0.463 e. The molecule has 0 saturated heterocycles. The minimum atomic E-state index is -4.35. The van der Waals surface area contributed by atoms with Crippen molar-refractivity contribution < 1.29 is 37.9 Å². The summed E-state index contributed by atoms with van der Waals surface area (Å²) in [5.74, 6) is -0.614. The number of phosphoric acid groups is 1. The number of aliphatic hydroxyl groups is 1. The van der Waals surface area contributed by atoms with E-state index < -0.39 is 26.5 Å². The second kappa shape index (κ2) is 17.8. The Hall–Kier alpha value is -0.990. The number of hydrogen-bond donors (Lipinski definition) is 3. The zero-order valence-electron chi connectivity index (χ0n) is 17.8. The van der Waals surface area contributed by atoms with Gasteiger partial charge in [-0.25, -0.2) is 4.57 Å². The van der Waals surface area contributed by atoms with E-state index in [0.29, 0.717) is 6.42 Å². The van der Waals surface area contributed by atoms with E-state index in [1.165, 1.54) is 32.1 Å². The van der Waals surface area contributed by atoms with Crippen molar-refractivity contribution in [3.05, 3.63) is 0 Å². The van der Waals surface area contributed by atoms with E-state index in [1.54, 1.807) is 6.92 Å². The van der Waals surface area contributed by atoms with Crippen molar-refractivity contribution in [2.24, 2.45) is 0 Å². The van der Waals surface area contributed by atoms with Gasteiger partial charge in [0.05, 0.1) is 13.2 Å². The van der Waals surface area contributed by atoms with E-state index >= 15 is 0 Å². The highest BCUT2D eigenvalue weighted by molar-refractivity contribution is 7.47. The van der Waals surface area contributed by atoms with Crippen LogP contribution in [0, 0.1) is 0 Å². The summed E-state index contributed by atoms with van der Waals surface area (Å²) in [6.07, 6.45) is 8.34. The fourth-order valence-corrected chi connectivity index (χ4v) is 3.16. The summed E-state index contributed by atoms with van der Waals surface area (Å²) in [6, 6.07) is 0. The molecule has 0 aromatic heterocycles. The molecule has 29 heavy (non-hydrogen) atoms. The van der Waals surface area contributed by atoms with Crippen molar-refractivity contribution >= 4 is 19.7 Å². The number of nitrogens with one attached hydrogen (secondary N) is 1. The molecule has 0 spiro atoms. The van der Waals surface area contributed by atoms with Crippen LogP contribution in [-0.2, 0) is 27.9 Å². The molecule has 2 atom stereocenters. The van der Waals surface area contributed by atoms with Crippen LogP contribution in [0.25, 0.3) is 0 Å². The van der Waals surface area contributed by atoms with E-state index in [0.717, 1.165) is 19.3 Å². The number of hydrogen-bond acceptors (Lipinski definition) is 7. The molecule has 0 radical (unpaired) electrons. The van der Waals surface area contributed by atoms with Crippen molar-refractivity contribution in [2.45, 2.75) is 84.2 Å². The average molecular weight is 439 g/mol. The first-order chi connectivity index (χ1) is 13.8. The average Bonchev–Trinajstić information content (AvgIpc) is 2.70. The van der Waals surface area contributed by atoms with Crippen LogP contribution in [-0.4, -0.2) is 54.3 Å². The molecule has 0 fully saturated rings. The highest BCUT2D eigenvalue weighted by atomic mass is 31.2. The maximum atomic E-state index is 11.6. The predicted octanol–water partition coefficient (Wildman–Crippen LogP) is 3.08. The van der Waals surface area contributed by atoms with Crippen LogP contribution in [0.4, 0.5) is 0 Å². The molecule has 0 heterocycles. The lowest BCUT2D eigenvalue weighted by atomic mass is 10.1. The minimum Gasteiger partial charge on any atom is -0.463 e. The van der Waals surface area contributed by atoms with Crippen molar-refractivity contribution in [3.8, 4) is 0 Å². The Balaban J connectivity index is 3.70. The Morgan fingerprint density at radius 1 is 0.966 bits per heavy atom. The lowest BCUT2D eigenvalue weighted by molar-refractivity contribution is -0.147. The van der Waals surface area contributed by atoms with Crippen LogP contribution in [0.2, 0.25) is 0 Å². The van der Waals surface area contributed by atoms with Crippen LogP contribution >= 0.6 is 7.82 Å². The number of amides is 1. The minimum absolute atomic E-state index is 0.0689. The normalized spacial score (nSPS) is 14.2. The highest BCUT2D eigenvalue weighted by Gasteiger charge is 2.23. The number of ether oxygens (including phenoxy) is 1. The topological polar surface area (TPSA) is 131 Å². The van der Waals surface area contributed by atoms with E-state index in [-0.39, 0.29) is 32.1 Å². The highest BCUT2D eigenvalue weighted by Crippen LogP contribution is 2.42. The lowest BCUT2D eigenvalue weighted by Gasteiger charge is -2.15. The van der Waals surface area contributed by atoms with Gasteiger partial charge in [0.15, 0.2) is 0 Å². The van der Waals surface area contributed by atoms with Gasteiger partial charge in [0.1, 0.15) is 12.7 Å². The van der Waals surface area contributed by atoms with Crippen LogP contribution in [0.5, 0.6) is 0 Å². The number of unbranched alkanes of at least 4 members (excludes halogenated alkanes) is 7. The maximum absolute atomic E-state index is 11.6. The molecule has 0 aliphatic rings. The van der Waals surface area contributed by atoms with Gasteiger partial charge in [0.2, 0.25) is 5.91 Å². The molecule has 0 aromatic rings. The van der Waals surface area contributed by atoms with Crippen LogP contribution in [0.3, 0.4) is 0 Å². The summed E-state index contributed by atoms with van der Waals surface area (Å²) in [4.78, 5) is 32.1. The molecule has 0 aliphatic heterocycles. The van der Waals surface area contributed by atoms with Gasteiger partial charge in [-0.3, -0.25) is 18.6 Å². The summed E-state index contributed by atoms with van der Waals surface area (Å²) in [5.41, 5.74) is 0. The van der Waals surface area contributed by atoms with Crippen LogP contribution in [0.1, 0.15) is 78.1 Å². The number of carbonyl (C=O) groups is 2. The third kappa shape index (κ3) is 18.8. The summed E-state index contributed by atoms with van der Waals surface area (Å²) >= 11 is 0. The fraction of sp³-hybridized carbons (Fsp3) is 0.895. The predicted molar refractivity (Wildman–Crippen MR) is 109 cm³/mol. The molecule has 0 bridgehead atoms. The second-order valence-corrected chi connectivity index (χ2v) is 8.32. The number of aliphatic hydroxyl groups excluding tert-OH is 1. The molecular weight excluding hydrogens is 401 g/mol. The number of esters is 1. The summed E-state index contributed by atoms with van der Waals surface area (Å²) in [7, 11) is -4.35. The molecule has 0 rings (SSSR count). The second-order valence-electron chi connectivity index (χ2n) is 6.86. The Bertz CT molecular complexity index is 489. The quantitative estimate of drug-likeness (QED) is 0.159. The van der Waals surface area contributed by atoms with Gasteiger partial charge in [-0.05, 0) is 6.42 Å². The van der Waals surface area contributed by atoms with Crippen molar-refractivity contribution in [1.29, 1.82) is 0 Å². The molecule has 3 N–H and O–H groups in total. The van der Waals surface area contributed by atoms with Gasteiger partial charge in [-0.15, -0.1) is 0 Å². The standard InChI is InChI=1S/C19H38NO8P/c1-3-5-6-7-8-9-10-11-12-19(23)26-15-17(21)16-28-29(24,25)27-14-13-20-18(22)4-2/h17,21H,3-16H2,1-2H3,(H,20,22)(H,24,25). The van der Waals surface area contributed by atoms with Crippen molar-refractivity contribution in [3.63, 3.8) is 0 Å². The molecule has 2 unspecified atom stereocenters. The van der Waals surface area contributed by atoms with Crippen LogP contribution < -0.4 is 5.32 Å². The Kier molecular flexibility index (Phi) is 17.2. The molecule has 9 nitrogen and oxygen atoms in total. The molecule has 172 valence electrons. The zero-order valence-corrected chi connectivity index (χ0v) is 18.7. The van der Waals surface area contributed by atoms with Gasteiger partial charge >= 0.3 is 13.8 Å². The lowest BCUT2D eigenvalue weighted by Crippen LogP contribution is -2.26. The van der Waals surface area contributed by atoms with Crippen LogP contribution in [0.15, 0.2) is 0 Å². The van der Waals surface area contributed by atoms with Crippen molar-refractivity contribution in [1.82, 2.24) is 5.32 Å². The van der Waals surface area contributed by atoms with Gasteiger partial charge in [-0.2, -0.15) is 0 Å². The SMILES string of the molecule is CCCCCCCCCCC(=O)OCC(O)COP(=O)(O)OCCNC(=O)CC. The molecular formula is C19H38NO8P. The molecule has 0 saturated carbocycles.